The number of aliphatic imine (C=N–C) groups is 2. The molecule has 178 valence electrons. The molecule has 0 radical (unpaired) electrons. The predicted molar refractivity (Wildman–Crippen MR) is 172 cm³/mol. The summed E-state index contributed by atoms with van der Waals surface area (Å²) in [5, 5.41) is 0. The van der Waals surface area contributed by atoms with E-state index in [0.717, 1.165) is 50.6 Å². The van der Waals surface area contributed by atoms with Crippen molar-refractivity contribution < 1.29 is 0 Å². The first-order chi connectivity index (χ1) is 18.1. The minimum atomic E-state index is 0.702. The molecule has 0 bridgehead atoms. The molecule has 4 aromatic carbocycles. The summed E-state index contributed by atoms with van der Waals surface area (Å²) in [5.74, 6) is 1.50. The fraction of sp³-hybridized carbons (Fsp3) is 0. The number of aromatic nitrogens is 1. The van der Waals surface area contributed by atoms with Crippen LogP contribution < -0.4 is 0 Å². The van der Waals surface area contributed by atoms with Gasteiger partial charge in [0.25, 0.3) is 0 Å². The van der Waals surface area contributed by atoms with E-state index < -0.39 is 0 Å². The van der Waals surface area contributed by atoms with Crippen LogP contribution in [-0.4, -0.2) is 16.5 Å². The third-order valence-corrected chi connectivity index (χ3v) is 7.67. The largest absolute Gasteiger partial charge is 0.339 e. The molecule has 0 aliphatic carbocycles. The molecule has 0 amide bonds. The number of rotatable bonds is 5. The maximum atomic E-state index is 5.16. The molecule has 2 heterocycles. The summed E-state index contributed by atoms with van der Waals surface area (Å²) in [5.41, 5.74) is 8.41. The first kappa shape index (κ1) is 24.1. The van der Waals surface area contributed by atoms with Gasteiger partial charge in [-0.1, -0.05) is 84.9 Å². The van der Waals surface area contributed by atoms with Crippen molar-refractivity contribution in [3.8, 4) is 22.4 Å². The second-order valence-electron chi connectivity index (χ2n) is 8.68. The number of halogens is 2. The summed E-state index contributed by atoms with van der Waals surface area (Å²) in [6, 6.07) is 39.9. The highest BCUT2D eigenvalue weighted by Gasteiger charge is 2.21. The zero-order chi connectivity index (χ0) is 25.2. The first-order valence-corrected chi connectivity index (χ1v) is 14.0. The van der Waals surface area contributed by atoms with Gasteiger partial charge in [-0.05, 0) is 98.3 Å². The zero-order valence-corrected chi connectivity index (χ0v) is 24.0. The minimum Gasteiger partial charge on any atom is -0.339 e. The monoisotopic (exact) mass is 701 g/mol. The van der Waals surface area contributed by atoms with E-state index in [2.05, 4.69) is 147 Å². The van der Waals surface area contributed by atoms with Crippen LogP contribution in [0.4, 0.5) is 5.82 Å². The zero-order valence-electron chi connectivity index (χ0n) is 19.7. The molecule has 5 heteroatoms. The van der Waals surface area contributed by atoms with E-state index in [-0.39, 0.29) is 0 Å². The Morgan fingerprint density at radius 1 is 0.595 bits per heavy atom. The lowest BCUT2D eigenvalue weighted by atomic mass is 10.0. The van der Waals surface area contributed by atoms with Gasteiger partial charge in [-0.25, -0.2) is 9.98 Å². The number of nitrogens with one attached hydrogen (secondary N) is 1. The van der Waals surface area contributed by atoms with Gasteiger partial charge in [0.1, 0.15) is 5.82 Å². The van der Waals surface area contributed by atoms with E-state index >= 15 is 0 Å². The normalized spacial score (nSPS) is 14.1. The third-order valence-electron chi connectivity index (χ3n) is 6.23. The van der Waals surface area contributed by atoms with Gasteiger partial charge in [0.15, 0.2) is 5.84 Å². The maximum absolute atomic E-state index is 5.16. The van der Waals surface area contributed by atoms with Crippen LogP contribution in [0.3, 0.4) is 0 Å². The highest BCUT2D eigenvalue weighted by Crippen LogP contribution is 2.37. The second-order valence-corrected chi connectivity index (χ2v) is 11.2. The van der Waals surface area contributed by atoms with Crippen LogP contribution in [0.1, 0.15) is 11.1 Å². The number of nitrogens with zero attached hydrogens (tertiary/aromatic N) is 2. The molecule has 0 unspecified atom stereocenters. The number of hydrogen-bond acceptors (Lipinski definition) is 1. The molecule has 0 saturated heterocycles. The smallest absolute Gasteiger partial charge is 0.162 e. The van der Waals surface area contributed by atoms with Crippen LogP contribution in [0.25, 0.3) is 28.0 Å². The number of H-pyrrole nitrogens is 1. The van der Waals surface area contributed by atoms with Crippen LogP contribution in [0, 0.1) is 7.14 Å². The van der Waals surface area contributed by atoms with Crippen LogP contribution in [-0.2, 0) is 0 Å². The van der Waals surface area contributed by atoms with E-state index in [4.69, 9.17) is 9.98 Å². The molecule has 0 saturated carbocycles. The van der Waals surface area contributed by atoms with Crippen molar-refractivity contribution in [1.82, 2.24) is 4.98 Å². The molecule has 1 aliphatic heterocycles. The van der Waals surface area contributed by atoms with Crippen LogP contribution in [0.15, 0.2) is 131 Å². The maximum Gasteiger partial charge on any atom is 0.162 e. The van der Waals surface area contributed by atoms with Gasteiger partial charge >= 0.3 is 0 Å². The van der Waals surface area contributed by atoms with Gasteiger partial charge in [0.05, 0.1) is 5.71 Å². The van der Waals surface area contributed by atoms with E-state index in [1.165, 1.54) is 7.14 Å². The molecule has 1 aliphatic rings. The Bertz CT molecular complexity index is 1650. The Hall–Kier alpha value is -3.30. The molecule has 6 rings (SSSR count). The molecule has 1 N–H and O–H groups in total. The third kappa shape index (κ3) is 5.24. The molecule has 0 fully saturated rings. The Morgan fingerprint density at radius 3 is 1.78 bits per heavy atom. The SMILES string of the molecule is Ic1ccc(C2=CC(c3ccccc3)=N/C2=N\c2[nH]c(-c3ccccc3)cc2-c2ccc(I)cc2)cc1. The molecule has 37 heavy (non-hydrogen) atoms. The highest BCUT2D eigenvalue weighted by molar-refractivity contribution is 14.1. The average Bonchev–Trinajstić information content (AvgIpc) is 3.56. The van der Waals surface area contributed by atoms with E-state index in [9.17, 15) is 0 Å². The van der Waals surface area contributed by atoms with Crippen molar-refractivity contribution in [3.05, 3.63) is 140 Å². The number of allylic oxidation sites excluding steroid dienone is 1. The summed E-state index contributed by atoms with van der Waals surface area (Å²) >= 11 is 4.67. The number of hydrogen-bond donors (Lipinski definition) is 1. The highest BCUT2D eigenvalue weighted by atomic mass is 127. The topological polar surface area (TPSA) is 40.5 Å². The van der Waals surface area contributed by atoms with Crippen LogP contribution in [0.5, 0.6) is 0 Å². The lowest BCUT2D eigenvalue weighted by Crippen LogP contribution is -1.96. The second kappa shape index (κ2) is 10.6. The van der Waals surface area contributed by atoms with Crippen molar-refractivity contribution in [2.75, 3.05) is 0 Å². The van der Waals surface area contributed by atoms with Crippen molar-refractivity contribution in [2.45, 2.75) is 0 Å². The van der Waals surface area contributed by atoms with Gasteiger partial charge < -0.3 is 4.98 Å². The molecule has 0 atom stereocenters. The van der Waals surface area contributed by atoms with E-state index in [0.29, 0.717) is 5.84 Å². The van der Waals surface area contributed by atoms with Gasteiger partial charge in [0, 0.05) is 29.5 Å². The summed E-state index contributed by atoms with van der Waals surface area (Å²) in [4.78, 5) is 13.8. The fourth-order valence-corrected chi connectivity index (χ4v) is 5.07. The van der Waals surface area contributed by atoms with Crippen LogP contribution >= 0.6 is 45.2 Å². The number of benzene rings is 4. The van der Waals surface area contributed by atoms with Crippen LogP contribution in [0.2, 0.25) is 0 Å². The van der Waals surface area contributed by atoms with E-state index in [1.807, 2.05) is 24.3 Å². The number of aromatic amines is 1. The van der Waals surface area contributed by atoms with Gasteiger partial charge in [0.2, 0.25) is 0 Å². The molecule has 1 aromatic heterocycles. The lowest BCUT2D eigenvalue weighted by molar-refractivity contribution is 1.33. The fourth-order valence-electron chi connectivity index (χ4n) is 4.35. The summed E-state index contributed by atoms with van der Waals surface area (Å²) in [6.07, 6.45) is 2.14. The molecule has 3 nitrogen and oxygen atoms in total. The number of amidine groups is 1. The molecule has 5 aromatic rings. The van der Waals surface area contributed by atoms with Gasteiger partial charge in [-0.3, -0.25) is 0 Å². The summed E-state index contributed by atoms with van der Waals surface area (Å²) < 4.78 is 2.39. The van der Waals surface area contributed by atoms with Crippen molar-refractivity contribution in [2.24, 2.45) is 9.98 Å². The standard InChI is InChI=1S/C32H21I2N3/c33-25-15-11-21(12-16-25)27-19-29(23-7-3-1-4-8-23)35-31(27)37-32-28(22-13-17-26(34)18-14-22)20-30(36-32)24-9-5-2-6-10-24/h1-20,35H/b37-32-. The quantitative estimate of drug-likeness (QED) is 0.178. The van der Waals surface area contributed by atoms with Crippen molar-refractivity contribution >= 4 is 68.1 Å². The Morgan fingerprint density at radius 2 is 1.16 bits per heavy atom. The lowest BCUT2D eigenvalue weighted by Gasteiger charge is -2.05. The molecular formula is C32H21I2N3. The summed E-state index contributed by atoms with van der Waals surface area (Å²) in [7, 11) is 0. The molecular weight excluding hydrogens is 680 g/mol. The first-order valence-electron chi connectivity index (χ1n) is 11.9. The van der Waals surface area contributed by atoms with Gasteiger partial charge in [-0.15, -0.1) is 0 Å². The predicted octanol–water partition coefficient (Wildman–Crippen LogP) is 9.17. The Labute approximate surface area is 243 Å². The Balaban J connectivity index is 1.52. The van der Waals surface area contributed by atoms with E-state index in [1.54, 1.807) is 0 Å². The summed E-state index contributed by atoms with van der Waals surface area (Å²) in [6.45, 7) is 0. The van der Waals surface area contributed by atoms with Gasteiger partial charge in [-0.2, -0.15) is 0 Å². The van der Waals surface area contributed by atoms with Crippen molar-refractivity contribution in [3.63, 3.8) is 0 Å². The minimum absolute atomic E-state index is 0.702. The van der Waals surface area contributed by atoms with Crippen molar-refractivity contribution in [1.29, 1.82) is 0 Å². The Kier molecular flexibility index (Phi) is 6.89. The average molecular weight is 701 g/mol. The molecule has 0 spiro atoms.